The van der Waals surface area contributed by atoms with Crippen molar-refractivity contribution in [3.05, 3.63) is 0 Å². The fourth-order valence-corrected chi connectivity index (χ4v) is 1.89. The molecule has 3 heteroatoms. The summed E-state index contributed by atoms with van der Waals surface area (Å²) >= 11 is 0. The Kier molecular flexibility index (Phi) is 2.35. The molecule has 70 valence electrons. The Balaban J connectivity index is 1.79. The highest BCUT2D eigenvalue weighted by atomic mass is 16.5. The zero-order valence-corrected chi connectivity index (χ0v) is 7.57. The molecule has 0 aromatic heterocycles. The lowest BCUT2D eigenvalue weighted by molar-refractivity contribution is 0.0218. The molecule has 2 fully saturated rings. The minimum Gasteiger partial charge on any atom is -0.396 e. The standard InChI is InChI=1S/C9H17NO2/c1-7(6-11)5-10-2-3-12-9-4-8(9)10/h7-9,11H,2-6H2,1H3. The molecule has 0 aromatic carbocycles. The van der Waals surface area contributed by atoms with Crippen LogP contribution in [0.3, 0.4) is 0 Å². The summed E-state index contributed by atoms with van der Waals surface area (Å²) in [4.78, 5) is 2.45. The van der Waals surface area contributed by atoms with Gasteiger partial charge in [0.15, 0.2) is 0 Å². The van der Waals surface area contributed by atoms with Gasteiger partial charge in [0.05, 0.1) is 12.7 Å². The third-order valence-corrected chi connectivity index (χ3v) is 2.74. The van der Waals surface area contributed by atoms with Crippen LogP contribution in [0.4, 0.5) is 0 Å². The average molecular weight is 171 g/mol. The van der Waals surface area contributed by atoms with Gasteiger partial charge in [-0.1, -0.05) is 6.92 Å². The van der Waals surface area contributed by atoms with E-state index in [0.29, 0.717) is 24.7 Å². The zero-order valence-electron chi connectivity index (χ0n) is 7.57. The largest absolute Gasteiger partial charge is 0.396 e. The molecule has 1 heterocycles. The molecule has 3 atom stereocenters. The lowest BCUT2D eigenvalue weighted by Crippen LogP contribution is -2.39. The first kappa shape index (κ1) is 8.48. The van der Waals surface area contributed by atoms with Crippen molar-refractivity contribution in [1.29, 1.82) is 0 Å². The first-order valence-electron chi connectivity index (χ1n) is 4.77. The van der Waals surface area contributed by atoms with Crippen LogP contribution >= 0.6 is 0 Å². The van der Waals surface area contributed by atoms with Crippen LogP contribution in [0.25, 0.3) is 0 Å². The molecule has 2 aliphatic rings. The number of rotatable bonds is 3. The Morgan fingerprint density at radius 3 is 3.25 bits per heavy atom. The van der Waals surface area contributed by atoms with Gasteiger partial charge in [-0.3, -0.25) is 4.90 Å². The van der Waals surface area contributed by atoms with E-state index in [0.717, 1.165) is 19.7 Å². The second kappa shape index (κ2) is 3.32. The van der Waals surface area contributed by atoms with Crippen molar-refractivity contribution in [3.8, 4) is 0 Å². The van der Waals surface area contributed by atoms with Gasteiger partial charge in [0.1, 0.15) is 0 Å². The molecule has 3 unspecified atom stereocenters. The smallest absolute Gasteiger partial charge is 0.0747 e. The Morgan fingerprint density at radius 2 is 2.50 bits per heavy atom. The quantitative estimate of drug-likeness (QED) is 0.653. The molecule has 2 rings (SSSR count). The SMILES string of the molecule is CC(CO)CN1CCOC2CC21. The number of hydrogen-bond acceptors (Lipinski definition) is 3. The molecule has 0 bridgehead atoms. The number of nitrogens with zero attached hydrogens (tertiary/aromatic N) is 1. The van der Waals surface area contributed by atoms with Crippen LogP contribution in [-0.4, -0.2) is 48.5 Å². The van der Waals surface area contributed by atoms with Gasteiger partial charge in [-0.15, -0.1) is 0 Å². The van der Waals surface area contributed by atoms with E-state index in [4.69, 9.17) is 9.84 Å². The number of fused-ring (bicyclic) bond motifs is 1. The minimum absolute atomic E-state index is 0.300. The molecule has 0 spiro atoms. The highest BCUT2D eigenvalue weighted by Crippen LogP contribution is 2.34. The summed E-state index contributed by atoms with van der Waals surface area (Å²) in [5.41, 5.74) is 0. The van der Waals surface area contributed by atoms with Crippen molar-refractivity contribution in [2.24, 2.45) is 5.92 Å². The molecule has 1 aliphatic heterocycles. The van der Waals surface area contributed by atoms with Crippen molar-refractivity contribution in [1.82, 2.24) is 4.90 Å². The van der Waals surface area contributed by atoms with Crippen LogP contribution in [-0.2, 0) is 4.74 Å². The Morgan fingerprint density at radius 1 is 1.67 bits per heavy atom. The Hall–Kier alpha value is -0.120. The summed E-state index contributed by atoms with van der Waals surface area (Å²) in [5, 5.41) is 8.91. The van der Waals surface area contributed by atoms with E-state index >= 15 is 0 Å². The fourth-order valence-electron chi connectivity index (χ4n) is 1.89. The van der Waals surface area contributed by atoms with Gasteiger partial charge >= 0.3 is 0 Å². The van der Waals surface area contributed by atoms with E-state index < -0.39 is 0 Å². The van der Waals surface area contributed by atoms with Gasteiger partial charge in [0, 0.05) is 25.7 Å². The van der Waals surface area contributed by atoms with E-state index in [9.17, 15) is 0 Å². The minimum atomic E-state index is 0.300. The summed E-state index contributed by atoms with van der Waals surface area (Å²) in [6.45, 7) is 5.34. The third kappa shape index (κ3) is 1.63. The maximum Gasteiger partial charge on any atom is 0.0747 e. The van der Waals surface area contributed by atoms with E-state index in [1.165, 1.54) is 6.42 Å². The van der Waals surface area contributed by atoms with Gasteiger partial charge in [0.25, 0.3) is 0 Å². The molecule has 12 heavy (non-hydrogen) atoms. The van der Waals surface area contributed by atoms with Crippen molar-refractivity contribution in [2.75, 3.05) is 26.3 Å². The van der Waals surface area contributed by atoms with Crippen LogP contribution in [0.2, 0.25) is 0 Å². The highest BCUT2D eigenvalue weighted by molar-refractivity contribution is 4.99. The van der Waals surface area contributed by atoms with Gasteiger partial charge in [0.2, 0.25) is 0 Å². The molecule has 0 radical (unpaired) electrons. The summed E-state index contributed by atoms with van der Waals surface area (Å²) < 4.78 is 5.49. The van der Waals surface area contributed by atoms with Crippen LogP contribution in [0.15, 0.2) is 0 Å². The molecule has 0 aromatic rings. The van der Waals surface area contributed by atoms with Gasteiger partial charge in [-0.2, -0.15) is 0 Å². The predicted octanol–water partition coefficient (Wildman–Crippen LogP) is 0.0879. The Labute approximate surface area is 73.3 Å². The molecule has 1 aliphatic carbocycles. The zero-order chi connectivity index (χ0) is 8.55. The first-order chi connectivity index (χ1) is 5.81. The Bertz CT molecular complexity index is 163. The van der Waals surface area contributed by atoms with Crippen molar-refractivity contribution in [3.63, 3.8) is 0 Å². The number of hydrogen-bond donors (Lipinski definition) is 1. The topological polar surface area (TPSA) is 32.7 Å². The van der Waals surface area contributed by atoms with E-state index in [1.54, 1.807) is 0 Å². The molecule has 0 amide bonds. The maximum atomic E-state index is 8.91. The molecular formula is C9H17NO2. The number of ether oxygens (including phenoxy) is 1. The monoisotopic (exact) mass is 171 g/mol. The van der Waals surface area contributed by atoms with Crippen LogP contribution in [0.1, 0.15) is 13.3 Å². The number of aliphatic hydroxyl groups is 1. The van der Waals surface area contributed by atoms with Crippen LogP contribution in [0.5, 0.6) is 0 Å². The van der Waals surface area contributed by atoms with E-state index in [2.05, 4.69) is 11.8 Å². The number of aliphatic hydroxyl groups excluding tert-OH is 1. The van der Waals surface area contributed by atoms with Gasteiger partial charge < -0.3 is 9.84 Å². The van der Waals surface area contributed by atoms with E-state index in [-0.39, 0.29) is 0 Å². The summed E-state index contributed by atoms with van der Waals surface area (Å²) in [6, 6.07) is 0.674. The summed E-state index contributed by atoms with van der Waals surface area (Å²) in [6.07, 6.45) is 1.72. The van der Waals surface area contributed by atoms with Crippen molar-refractivity contribution in [2.45, 2.75) is 25.5 Å². The fraction of sp³-hybridized carbons (Fsp3) is 1.00. The molecule has 1 saturated heterocycles. The first-order valence-corrected chi connectivity index (χ1v) is 4.77. The lowest BCUT2D eigenvalue weighted by Gasteiger charge is -2.28. The van der Waals surface area contributed by atoms with Crippen LogP contribution in [0, 0.1) is 5.92 Å². The third-order valence-electron chi connectivity index (χ3n) is 2.74. The highest BCUT2D eigenvalue weighted by Gasteiger charge is 2.45. The average Bonchev–Trinajstić information content (AvgIpc) is 2.84. The second-order valence-corrected chi connectivity index (χ2v) is 3.99. The number of morpholine rings is 1. The molecular weight excluding hydrogens is 154 g/mol. The van der Waals surface area contributed by atoms with Gasteiger partial charge in [-0.05, 0) is 12.3 Å². The summed E-state index contributed by atoms with van der Waals surface area (Å²) in [7, 11) is 0. The molecule has 1 N–H and O–H groups in total. The second-order valence-electron chi connectivity index (χ2n) is 3.99. The lowest BCUT2D eigenvalue weighted by atomic mass is 10.2. The van der Waals surface area contributed by atoms with Gasteiger partial charge in [-0.25, -0.2) is 0 Å². The molecule has 3 nitrogen and oxygen atoms in total. The maximum absolute atomic E-state index is 8.91. The molecule has 1 saturated carbocycles. The van der Waals surface area contributed by atoms with E-state index in [1.807, 2.05) is 0 Å². The normalized spacial score (nSPS) is 37.5. The van der Waals surface area contributed by atoms with Crippen molar-refractivity contribution >= 4 is 0 Å². The summed E-state index contributed by atoms with van der Waals surface area (Å²) in [5.74, 6) is 0.407. The predicted molar refractivity (Wildman–Crippen MR) is 46.0 cm³/mol. The van der Waals surface area contributed by atoms with Crippen molar-refractivity contribution < 1.29 is 9.84 Å². The van der Waals surface area contributed by atoms with Crippen LogP contribution < -0.4 is 0 Å².